The Bertz CT molecular complexity index is 1170. The van der Waals surface area contributed by atoms with E-state index < -0.39 is 0 Å². The Balaban J connectivity index is 0.00000182. The molecule has 8 heteroatoms. The summed E-state index contributed by atoms with van der Waals surface area (Å²) in [6.07, 6.45) is 1.66. The van der Waals surface area contributed by atoms with Crippen LogP contribution in [0.1, 0.15) is 19.4 Å². The first-order chi connectivity index (χ1) is 11.5. The average Bonchev–Trinajstić information content (AvgIpc) is 2.91. The number of benzene rings is 1. The molecule has 3 N–H and O–H groups in total. The summed E-state index contributed by atoms with van der Waals surface area (Å²) >= 11 is 0. The van der Waals surface area contributed by atoms with Gasteiger partial charge in [-0.3, -0.25) is 19.2 Å². The number of aromatic nitrogens is 4. The highest BCUT2D eigenvalue weighted by molar-refractivity contribution is 6.01. The van der Waals surface area contributed by atoms with Crippen LogP contribution in [0, 0.1) is 0 Å². The Hall–Kier alpha value is -2.93. The third kappa shape index (κ3) is 2.72. The zero-order chi connectivity index (χ0) is 16.8. The molecule has 25 heavy (non-hydrogen) atoms. The van der Waals surface area contributed by atoms with Gasteiger partial charge < -0.3 is 5.73 Å². The van der Waals surface area contributed by atoms with Crippen molar-refractivity contribution in [3.63, 3.8) is 0 Å². The van der Waals surface area contributed by atoms with E-state index in [1.54, 1.807) is 18.3 Å². The molecule has 4 aromatic rings. The second kappa shape index (κ2) is 6.18. The minimum Gasteiger partial charge on any atom is -0.383 e. The van der Waals surface area contributed by atoms with E-state index in [4.69, 9.17) is 5.73 Å². The standard InChI is InChI=1S/C17H16N6O.ClH/c1-9(2)20-14(18)10-5-6-13-12(8-10)21-17-22-16(24)11-4-3-7-19-15(11)23(13)17;/h3-9H,1-2H3,(H2,18,20)(H,21,22,24);1H. The van der Waals surface area contributed by atoms with Gasteiger partial charge in [-0.25, -0.2) is 9.97 Å². The number of nitrogens with one attached hydrogen (secondary N) is 1. The molecule has 0 amide bonds. The zero-order valence-electron chi connectivity index (χ0n) is 13.7. The van der Waals surface area contributed by atoms with Crippen molar-refractivity contribution in [3.8, 4) is 0 Å². The Labute approximate surface area is 149 Å². The number of aromatic amines is 1. The van der Waals surface area contributed by atoms with E-state index in [0.717, 1.165) is 16.6 Å². The van der Waals surface area contributed by atoms with Gasteiger partial charge in [-0.1, -0.05) is 0 Å². The van der Waals surface area contributed by atoms with Gasteiger partial charge in [0, 0.05) is 17.8 Å². The zero-order valence-corrected chi connectivity index (χ0v) is 14.5. The van der Waals surface area contributed by atoms with Gasteiger partial charge >= 0.3 is 0 Å². The first-order valence-corrected chi connectivity index (χ1v) is 7.67. The van der Waals surface area contributed by atoms with Crippen molar-refractivity contribution in [2.75, 3.05) is 0 Å². The van der Waals surface area contributed by atoms with Crippen LogP contribution in [0.5, 0.6) is 0 Å². The number of rotatable bonds is 2. The molecule has 0 fully saturated rings. The third-order valence-corrected chi connectivity index (χ3v) is 3.82. The van der Waals surface area contributed by atoms with Crippen LogP contribution >= 0.6 is 12.4 Å². The number of halogens is 1. The first kappa shape index (κ1) is 16.9. The van der Waals surface area contributed by atoms with Crippen molar-refractivity contribution in [1.82, 2.24) is 19.4 Å². The van der Waals surface area contributed by atoms with Crippen LogP contribution in [0.15, 0.2) is 46.3 Å². The molecular formula is C17H17ClN6O. The fourth-order valence-electron chi connectivity index (χ4n) is 2.81. The number of amidine groups is 1. The van der Waals surface area contributed by atoms with E-state index in [0.29, 0.717) is 22.6 Å². The van der Waals surface area contributed by atoms with Gasteiger partial charge in [0.2, 0.25) is 5.78 Å². The number of nitrogens with zero attached hydrogens (tertiary/aromatic N) is 4. The lowest BCUT2D eigenvalue weighted by atomic mass is 10.2. The summed E-state index contributed by atoms with van der Waals surface area (Å²) in [6.45, 7) is 3.94. The number of hydrogen-bond acceptors (Lipinski definition) is 4. The molecule has 0 spiro atoms. The van der Waals surface area contributed by atoms with Crippen molar-refractivity contribution >= 4 is 46.1 Å². The number of nitrogens with two attached hydrogens (primary N) is 1. The normalized spacial score (nSPS) is 12.2. The lowest BCUT2D eigenvalue weighted by Crippen LogP contribution is -2.15. The summed E-state index contributed by atoms with van der Waals surface area (Å²) in [4.78, 5) is 28.2. The molecule has 128 valence electrons. The van der Waals surface area contributed by atoms with Crippen LogP contribution < -0.4 is 11.3 Å². The molecule has 0 saturated heterocycles. The molecule has 0 bridgehead atoms. The van der Waals surface area contributed by atoms with E-state index in [1.165, 1.54) is 0 Å². The van der Waals surface area contributed by atoms with E-state index in [2.05, 4.69) is 19.9 Å². The van der Waals surface area contributed by atoms with Gasteiger partial charge in [0.15, 0.2) is 5.65 Å². The van der Waals surface area contributed by atoms with Crippen LogP contribution in [0.2, 0.25) is 0 Å². The number of imidazole rings is 1. The Kier molecular flexibility index (Phi) is 4.18. The maximum absolute atomic E-state index is 12.2. The largest absolute Gasteiger partial charge is 0.383 e. The van der Waals surface area contributed by atoms with E-state index in [-0.39, 0.29) is 24.0 Å². The highest BCUT2D eigenvalue weighted by atomic mass is 35.5. The SMILES string of the molecule is CC(C)N=C(N)c1ccc2c(c1)nc1[nH]c(=O)c3cccnc3n12.Cl. The molecule has 0 atom stereocenters. The third-order valence-electron chi connectivity index (χ3n) is 3.82. The predicted molar refractivity (Wildman–Crippen MR) is 102 cm³/mol. The van der Waals surface area contributed by atoms with Gasteiger partial charge in [-0.15, -0.1) is 12.4 Å². The van der Waals surface area contributed by atoms with Crippen molar-refractivity contribution in [2.45, 2.75) is 19.9 Å². The molecule has 0 aliphatic heterocycles. The number of H-pyrrole nitrogens is 1. The maximum Gasteiger partial charge on any atom is 0.261 e. The van der Waals surface area contributed by atoms with Gasteiger partial charge in [-0.2, -0.15) is 0 Å². The van der Waals surface area contributed by atoms with E-state index in [9.17, 15) is 4.79 Å². The minimum absolute atomic E-state index is 0. The molecule has 3 aromatic heterocycles. The summed E-state index contributed by atoms with van der Waals surface area (Å²) in [6, 6.07) is 9.29. The molecular weight excluding hydrogens is 340 g/mol. The van der Waals surface area contributed by atoms with Crippen LogP contribution in [0.3, 0.4) is 0 Å². The van der Waals surface area contributed by atoms with Gasteiger partial charge in [-0.05, 0) is 44.2 Å². The Morgan fingerprint density at radius 2 is 2.12 bits per heavy atom. The highest BCUT2D eigenvalue weighted by Gasteiger charge is 2.12. The number of hydrogen-bond donors (Lipinski definition) is 2. The molecule has 4 rings (SSSR count). The summed E-state index contributed by atoms with van der Waals surface area (Å²) in [7, 11) is 0. The van der Waals surface area contributed by atoms with Gasteiger partial charge in [0.05, 0.1) is 16.4 Å². The predicted octanol–water partition coefficient (Wildman–Crippen LogP) is 2.26. The Morgan fingerprint density at radius 3 is 2.88 bits per heavy atom. The van der Waals surface area contributed by atoms with Crippen molar-refractivity contribution < 1.29 is 0 Å². The van der Waals surface area contributed by atoms with Gasteiger partial charge in [0.1, 0.15) is 5.84 Å². The molecule has 0 aliphatic carbocycles. The average molecular weight is 357 g/mol. The quantitative estimate of drug-likeness (QED) is 0.425. The fraction of sp³-hybridized carbons (Fsp3) is 0.176. The molecule has 0 radical (unpaired) electrons. The number of fused-ring (bicyclic) bond motifs is 5. The monoisotopic (exact) mass is 356 g/mol. The molecule has 1 aromatic carbocycles. The van der Waals surface area contributed by atoms with Gasteiger partial charge in [0.25, 0.3) is 5.56 Å². The molecule has 0 saturated carbocycles. The van der Waals surface area contributed by atoms with Crippen molar-refractivity contribution in [3.05, 3.63) is 52.4 Å². The second-order valence-electron chi connectivity index (χ2n) is 5.91. The minimum atomic E-state index is -0.206. The lowest BCUT2D eigenvalue weighted by Gasteiger charge is -2.04. The lowest BCUT2D eigenvalue weighted by molar-refractivity contribution is 0.834. The summed E-state index contributed by atoms with van der Waals surface area (Å²) < 4.78 is 1.84. The highest BCUT2D eigenvalue weighted by Crippen LogP contribution is 2.20. The maximum atomic E-state index is 12.2. The molecule has 3 heterocycles. The second-order valence-corrected chi connectivity index (χ2v) is 5.91. The molecule has 0 aliphatic rings. The summed E-state index contributed by atoms with van der Waals surface area (Å²) in [5, 5.41) is 0.522. The summed E-state index contributed by atoms with van der Waals surface area (Å²) in [5.74, 6) is 0.929. The summed E-state index contributed by atoms with van der Waals surface area (Å²) in [5.41, 5.74) is 8.80. The van der Waals surface area contributed by atoms with Crippen LogP contribution in [-0.4, -0.2) is 31.2 Å². The van der Waals surface area contributed by atoms with E-state index >= 15 is 0 Å². The van der Waals surface area contributed by atoms with Crippen LogP contribution in [0.4, 0.5) is 0 Å². The number of aliphatic imine (C=N–C) groups is 1. The van der Waals surface area contributed by atoms with Crippen molar-refractivity contribution in [1.29, 1.82) is 0 Å². The molecule has 0 unspecified atom stereocenters. The smallest absolute Gasteiger partial charge is 0.261 e. The fourth-order valence-corrected chi connectivity index (χ4v) is 2.81. The first-order valence-electron chi connectivity index (χ1n) is 7.67. The number of pyridine rings is 1. The topological polar surface area (TPSA) is 101 Å². The van der Waals surface area contributed by atoms with Crippen LogP contribution in [0.25, 0.3) is 27.8 Å². The van der Waals surface area contributed by atoms with Crippen molar-refractivity contribution in [2.24, 2.45) is 10.7 Å². The van der Waals surface area contributed by atoms with Crippen LogP contribution in [-0.2, 0) is 0 Å². The van der Waals surface area contributed by atoms with E-state index in [1.807, 2.05) is 36.4 Å². The molecule has 7 nitrogen and oxygen atoms in total. The Morgan fingerprint density at radius 1 is 1.32 bits per heavy atom.